The van der Waals surface area contributed by atoms with Crippen molar-refractivity contribution in [3.05, 3.63) is 57.6 Å². The molecule has 0 radical (unpaired) electrons. The van der Waals surface area contributed by atoms with Crippen molar-refractivity contribution in [1.82, 2.24) is 0 Å². The zero-order chi connectivity index (χ0) is 14.3. The number of halogens is 2. The van der Waals surface area contributed by atoms with E-state index in [1.54, 1.807) is 12.1 Å². The number of phenols is 2. The summed E-state index contributed by atoms with van der Waals surface area (Å²) < 4.78 is 0. The Labute approximate surface area is 127 Å². The van der Waals surface area contributed by atoms with Crippen molar-refractivity contribution >= 4 is 23.2 Å². The molecule has 2 N–H and O–H groups in total. The molecule has 1 aliphatic carbocycles. The maximum atomic E-state index is 9.57. The Balaban J connectivity index is 2.10. The van der Waals surface area contributed by atoms with Crippen LogP contribution in [0.25, 0.3) is 0 Å². The topological polar surface area (TPSA) is 40.5 Å². The summed E-state index contributed by atoms with van der Waals surface area (Å²) in [6.45, 7) is 0. The van der Waals surface area contributed by atoms with Crippen molar-refractivity contribution in [3.63, 3.8) is 0 Å². The molecule has 0 aliphatic heterocycles. The van der Waals surface area contributed by atoms with Gasteiger partial charge in [-0.25, -0.2) is 0 Å². The number of phenolic OH excluding ortho intramolecular Hbond substituents is 2. The van der Waals surface area contributed by atoms with Gasteiger partial charge in [0.25, 0.3) is 0 Å². The van der Waals surface area contributed by atoms with E-state index in [4.69, 9.17) is 23.2 Å². The molecule has 20 heavy (non-hydrogen) atoms. The molecule has 0 aromatic heterocycles. The summed E-state index contributed by atoms with van der Waals surface area (Å²) in [6.07, 6.45) is 3.15. The Hall–Kier alpha value is -1.38. The minimum atomic E-state index is -0.116. The average Bonchev–Trinajstić information content (AvgIpc) is 2.36. The smallest absolute Gasteiger partial charge is 0.134 e. The van der Waals surface area contributed by atoms with Gasteiger partial charge < -0.3 is 10.2 Å². The predicted octanol–water partition coefficient (Wildman–Crippen LogP) is 4.87. The minimum absolute atomic E-state index is 0.0913. The molecule has 4 heteroatoms. The molecular formula is C16H14Cl2O2. The third-order valence-corrected chi connectivity index (χ3v) is 4.81. The normalized spacial score (nSPS) is 16.7. The zero-order valence-electron chi connectivity index (χ0n) is 10.7. The highest BCUT2D eigenvalue weighted by molar-refractivity contribution is 6.32. The fourth-order valence-electron chi connectivity index (χ4n) is 2.88. The van der Waals surface area contributed by atoms with E-state index in [1.165, 1.54) is 0 Å². The summed E-state index contributed by atoms with van der Waals surface area (Å²) in [6, 6.07) is 10.7. The lowest BCUT2D eigenvalue weighted by atomic mass is 9.60. The molecule has 0 bridgehead atoms. The highest BCUT2D eigenvalue weighted by Crippen LogP contribution is 2.50. The molecule has 0 atom stereocenters. The van der Waals surface area contributed by atoms with E-state index in [2.05, 4.69) is 0 Å². The average molecular weight is 309 g/mol. The van der Waals surface area contributed by atoms with Gasteiger partial charge in [-0.05, 0) is 48.2 Å². The summed E-state index contributed by atoms with van der Waals surface area (Å²) in [4.78, 5) is 0. The van der Waals surface area contributed by atoms with Crippen molar-refractivity contribution < 1.29 is 10.2 Å². The molecule has 1 aliphatic rings. The Morgan fingerprint density at radius 3 is 1.55 bits per heavy atom. The molecule has 1 saturated carbocycles. The van der Waals surface area contributed by atoms with Crippen LogP contribution in [-0.2, 0) is 5.41 Å². The first kappa shape index (κ1) is 13.6. The van der Waals surface area contributed by atoms with Crippen LogP contribution in [-0.4, -0.2) is 10.2 Å². The summed E-state index contributed by atoms with van der Waals surface area (Å²) >= 11 is 12.1. The minimum Gasteiger partial charge on any atom is -0.506 e. The van der Waals surface area contributed by atoms with Gasteiger partial charge in [0.15, 0.2) is 0 Å². The Morgan fingerprint density at radius 1 is 0.800 bits per heavy atom. The van der Waals surface area contributed by atoms with Crippen molar-refractivity contribution in [2.24, 2.45) is 0 Å². The molecule has 2 aromatic rings. The third-order valence-electron chi connectivity index (χ3n) is 4.21. The van der Waals surface area contributed by atoms with E-state index < -0.39 is 0 Å². The molecule has 0 unspecified atom stereocenters. The van der Waals surface area contributed by atoms with Crippen LogP contribution >= 0.6 is 23.2 Å². The van der Waals surface area contributed by atoms with Gasteiger partial charge in [0.2, 0.25) is 0 Å². The summed E-state index contributed by atoms with van der Waals surface area (Å²) in [5.74, 6) is 0.183. The molecule has 0 amide bonds. The molecule has 0 spiro atoms. The maximum absolute atomic E-state index is 9.57. The van der Waals surface area contributed by atoms with Crippen molar-refractivity contribution in [2.45, 2.75) is 24.7 Å². The van der Waals surface area contributed by atoms with Gasteiger partial charge in [-0.2, -0.15) is 0 Å². The van der Waals surface area contributed by atoms with E-state index >= 15 is 0 Å². The Kier molecular flexibility index (Phi) is 3.31. The van der Waals surface area contributed by atoms with Crippen molar-refractivity contribution in [2.75, 3.05) is 0 Å². The van der Waals surface area contributed by atoms with Crippen LogP contribution < -0.4 is 0 Å². The lowest BCUT2D eigenvalue weighted by molar-refractivity contribution is 0.301. The highest BCUT2D eigenvalue weighted by Gasteiger charge is 2.40. The van der Waals surface area contributed by atoms with Crippen LogP contribution in [0.1, 0.15) is 30.4 Å². The van der Waals surface area contributed by atoms with Gasteiger partial charge in [0, 0.05) is 5.41 Å². The number of hydrogen-bond acceptors (Lipinski definition) is 2. The monoisotopic (exact) mass is 308 g/mol. The molecule has 2 nitrogen and oxygen atoms in total. The highest BCUT2D eigenvalue weighted by atomic mass is 35.5. The largest absolute Gasteiger partial charge is 0.506 e. The number of rotatable bonds is 2. The van der Waals surface area contributed by atoms with Gasteiger partial charge in [0.1, 0.15) is 11.5 Å². The van der Waals surface area contributed by atoms with Gasteiger partial charge in [-0.3, -0.25) is 0 Å². The molecule has 3 rings (SSSR count). The zero-order valence-corrected chi connectivity index (χ0v) is 12.2. The van der Waals surface area contributed by atoms with Crippen LogP contribution in [0.4, 0.5) is 0 Å². The van der Waals surface area contributed by atoms with Crippen LogP contribution in [0.3, 0.4) is 0 Å². The van der Waals surface area contributed by atoms with Crippen molar-refractivity contribution in [1.29, 1.82) is 0 Å². The Bertz CT molecular complexity index is 610. The lowest BCUT2D eigenvalue weighted by Gasteiger charge is -2.43. The molecular weight excluding hydrogens is 295 g/mol. The van der Waals surface area contributed by atoms with Gasteiger partial charge in [-0.15, -0.1) is 0 Å². The first-order valence-corrected chi connectivity index (χ1v) is 7.26. The second kappa shape index (κ2) is 4.87. The van der Waals surface area contributed by atoms with Crippen LogP contribution in [0, 0.1) is 0 Å². The summed E-state index contributed by atoms with van der Waals surface area (Å²) in [5.41, 5.74) is 2.04. The van der Waals surface area contributed by atoms with Gasteiger partial charge in [-0.1, -0.05) is 41.8 Å². The van der Waals surface area contributed by atoms with E-state index in [0.29, 0.717) is 10.0 Å². The van der Waals surface area contributed by atoms with E-state index in [1.807, 2.05) is 24.3 Å². The first-order valence-electron chi connectivity index (χ1n) is 6.51. The van der Waals surface area contributed by atoms with E-state index in [9.17, 15) is 10.2 Å². The summed E-state index contributed by atoms with van der Waals surface area (Å²) in [5, 5.41) is 19.8. The van der Waals surface area contributed by atoms with Crippen LogP contribution in [0.2, 0.25) is 10.0 Å². The molecule has 2 aromatic carbocycles. The van der Waals surface area contributed by atoms with E-state index in [-0.39, 0.29) is 16.9 Å². The third kappa shape index (κ3) is 2.04. The maximum Gasteiger partial charge on any atom is 0.134 e. The quantitative estimate of drug-likeness (QED) is 0.830. The lowest BCUT2D eigenvalue weighted by Crippen LogP contribution is -2.35. The SMILES string of the molecule is Oc1ccc(C2(c3ccc(O)c(Cl)c3)CCC2)cc1Cl. The second-order valence-electron chi connectivity index (χ2n) is 5.27. The van der Waals surface area contributed by atoms with E-state index in [0.717, 1.165) is 30.4 Å². The van der Waals surface area contributed by atoms with Crippen LogP contribution in [0.5, 0.6) is 11.5 Å². The fraction of sp³-hybridized carbons (Fsp3) is 0.250. The van der Waals surface area contributed by atoms with Crippen LogP contribution in [0.15, 0.2) is 36.4 Å². The molecule has 104 valence electrons. The standard InChI is InChI=1S/C16H14Cl2O2/c17-12-8-10(2-4-14(12)19)16(6-1-7-16)11-3-5-15(20)13(18)9-11/h2-5,8-9,19-20H,1,6-7H2. The van der Waals surface area contributed by atoms with Crippen molar-refractivity contribution in [3.8, 4) is 11.5 Å². The number of hydrogen-bond donors (Lipinski definition) is 2. The van der Waals surface area contributed by atoms with Gasteiger partial charge >= 0.3 is 0 Å². The molecule has 0 heterocycles. The fourth-order valence-corrected chi connectivity index (χ4v) is 3.24. The predicted molar refractivity (Wildman–Crippen MR) is 80.9 cm³/mol. The second-order valence-corrected chi connectivity index (χ2v) is 6.08. The van der Waals surface area contributed by atoms with Gasteiger partial charge in [0.05, 0.1) is 10.0 Å². The summed E-state index contributed by atoms with van der Waals surface area (Å²) in [7, 11) is 0. The first-order chi connectivity index (χ1) is 9.53. The number of benzene rings is 2. The number of aromatic hydroxyl groups is 2. The molecule has 1 fully saturated rings. The molecule has 0 saturated heterocycles. The Morgan fingerprint density at radius 2 is 1.25 bits per heavy atom.